The molecule has 0 aliphatic heterocycles. The minimum Gasteiger partial charge on any atom is -0.273 e. The summed E-state index contributed by atoms with van der Waals surface area (Å²) in [4.78, 5) is 37.0. The van der Waals surface area contributed by atoms with E-state index >= 15 is 0 Å². The lowest BCUT2D eigenvalue weighted by molar-refractivity contribution is -0.121. The minimum absolute atomic E-state index is 0.0765. The van der Waals surface area contributed by atoms with Gasteiger partial charge in [0, 0.05) is 23.4 Å². The quantitative estimate of drug-likeness (QED) is 0.630. The molecule has 0 saturated carbocycles. The van der Waals surface area contributed by atoms with E-state index in [2.05, 4.69) is 16.0 Å². The molecule has 2 N–H and O–H groups in total. The smallest absolute Gasteiger partial charge is 0.273 e. The van der Waals surface area contributed by atoms with Crippen LogP contribution in [0.5, 0.6) is 0 Å². The van der Waals surface area contributed by atoms with Crippen molar-refractivity contribution >= 4 is 34.2 Å². The first-order valence-electron chi connectivity index (χ1n) is 9.24. The highest BCUT2D eigenvalue weighted by Gasteiger charge is 2.16. The maximum atomic E-state index is 12.6. The zero-order valence-electron chi connectivity index (χ0n) is 16.2. The summed E-state index contributed by atoms with van der Waals surface area (Å²) in [5.74, 6) is -0.932. The Kier molecular flexibility index (Phi) is 6.29. The van der Waals surface area contributed by atoms with Crippen LogP contribution in [-0.2, 0) is 17.8 Å². The highest BCUT2D eigenvalue weighted by Crippen LogP contribution is 2.17. The number of hydrazine groups is 1. The number of rotatable bonds is 5. The second kappa shape index (κ2) is 8.87. The lowest BCUT2D eigenvalue weighted by atomic mass is 10.1. The molecule has 1 aromatic heterocycles. The number of nitrogens with one attached hydrogen (secondary N) is 2. The van der Waals surface area contributed by atoms with Crippen LogP contribution in [0, 0.1) is 6.92 Å². The van der Waals surface area contributed by atoms with E-state index in [0.29, 0.717) is 28.8 Å². The van der Waals surface area contributed by atoms with E-state index in [1.807, 2.05) is 25.1 Å². The van der Waals surface area contributed by atoms with Crippen LogP contribution in [0.3, 0.4) is 0 Å². The van der Waals surface area contributed by atoms with Gasteiger partial charge in [0.2, 0.25) is 5.91 Å². The second-order valence-electron chi connectivity index (χ2n) is 6.60. The topological polar surface area (TPSA) is 93.1 Å². The van der Waals surface area contributed by atoms with Gasteiger partial charge in [-0.25, -0.2) is 4.68 Å². The summed E-state index contributed by atoms with van der Waals surface area (Å²) in [6, 6.07) is 12.4. The molecular formula is C21H21ClN4O3. The minimum atomic E-state index is -0.588. The molecule has 2 amide bonds. The largest absolute Gasteiger partial charge is 0.290 e. The van der Waals surface area contributed by atoms with Crippen molar-refractivity contribution in [3.05, 3.63) is 74.7 Å². The van der Waals surface area contributed by atoms with Gasteiger partial charge in [0.05, 0.1) is 5.39 Å². The fraction of sp³-hybridized carbons (Fsp3) is 0.238. The molecule has 0 radical (unpaired) electrons. The van der Waals surface area contributed by atoms with Crippen molar-refractivity contribution in [1.29, 1.82) is 0 Å². The number of nitrogens with zero attached hydrogens (tertiary/aromatic N) is 2. The molecule has 3 aromatic rings. The first kappa shape index (κ1) is 20.5. The van der Waals surface area contributed by atoms with Gasteiger partial charge in [0.25, 0.3) is 11.5 Å². The Hall–Kier alpha value is -3.19. The summed E-state index contributed by atoms with van der Waals surface area (Å²) in [5.41, 5.74) is 6.49. The number of benzene rings is 2. The SMILES string of the molecule is CCn1nc(C(=O)NNC(=O)CCc2ccc(C)c(Cl)c2)c2ccccc2c1=O. The van der Waals surface area contributed by atoms with Gasteiger partial charge < -0.3 is 0 Å². The van der Waals surface area contributed by atoms with E-state index in [1.165, 1.54) is 4.68 Å². The Morgan fingerprint density at radius 1 is 1.10 bits per heavy atom. The van der Waals surface area contributed by atoms with Crippen LogP contribution in [0.2, 0.25) is 5.02 Å². The van der Waals surface area contributed by atoms with Crippen molar-refractivity contribution in [2.45, 2.75) is 33.2 Å². The highest BCUT2D eigenvalue weighted by molar-refractivity contribution is 6.31. The van der Waals surface area contributed by atoms with E-state index in [4.69, 9.17) is 11.6 Å². The van der Waals surface area contributed by atoms with Crippen LogP contribution in [0.15, 0.2) is 47.3 Å². The van der Waals surface area contributed by atoms with Crippen LogP contribution in [0.1, 0.15) is 35.0 Å². The predicted molar refractivity (Wildman–Crippen MR) is 112 cm³/mol. The molecule has 1 heterocycles. The summed E-state index contributed by atoms with van der Waals surface area (Å²) in [7, 11) is 0. The standard InChI is InChI=1S/C21H21ClN4O3/c1-3-26-21(29)16-7-5-4-6-15(16)19(25-26)20(28)24-23-18(27)11-10-14-9-8-13(2)17(22)12-14/h4-9,12H,3,10-11H2,1-2H3,(H,23,27)(H,24,28). The van der Waals surface area contributed by atoms with Crippen molar-refractivity contribution in [2.24, 2.45) is 0 Å². The fourth-order valence-corrected chi connectivity index (χ4v) is 3.12. The van der Waals surface area contributed by atoms with Gasteiger partial charge in [0.15, 0.2) is 5.69 Å². The molecule has 2 aromatic carbocycles. The number of fused-ring (bicyclic) bond motifs is 1. The number of halogens is 1. The average molecular weight is 413 g/mol. The van der Waals surface area contributed by atoms with Crippen molar-refractivity contribution in [1.82, 2.24) is 20.6 Å². The maximum Gasteiger partial charge on any atom is 0.290 e. The van der Waals surface area contributed by atoms with Crippen LogP contribution < -0.4 is 16.4 Å². The van der Waals surface area contributed by atoms with E-state index in [0.717, 1.165) is 11.1 Å². The number of carbonyl (C=O) groups excluding carboxylic acids is 2. The summed E-state index contributed by atoms with van der Waals surface area (Å²) < 4.78 is 1.22. The predicted octanol–water partition coefficient (Wildman–Crippen LogP) is 2.77. The molecule has 8 heteroatoms. The average Bonchev–Trinajstić information content (AvgIpc) is 2.73. The van der Waals surface area contributed by atoms with Crippen LogP contribution >= 0.6 is 11.6 Å². The lowest BCUT2D eigenvalue weighted by Crippen LogP contribution is -2.42. The summed E-state index contributed by atoms with van der Waals surface area (Å²) in [6.07, 6.45) is 0.673. The van der Waals surface area contributed by atoms with Gasteiger partial charge >= 0.3 is 0 Å². The van der Waals surface area contributed by atoms with Gasteiger partial charge in [-0.05, 0) is 43.5 Å². The monoisotopic (exact) mass is 412 g/mol. The van der Waals surface area contributed by atoms with Crippen LogP contribution in [0.25, 0.3) is 10.8 Å². The third kappa shape index (κ3) is 4.63. The van der Waals surface area contributed by atoms with E-state index < -0.39 is 5.91 Å². The number of carbonyl (C=O) groups is 2. The van der Waals surface area contributed by atoms with Crippen molar-refractivity contribution in [3.8, 4) is 0 Å². The molecule has 7 nitrogen and oxygen atoms in total. The summed E-state index contributed by atoms with van der Waals surface area (Å²) >= 11 is 6.09. The third-order valence-corrected chi connectivity index (χ3v) is 4.98. The molecule has 0 saturated heterocycles. The number of aryl methyl sites for hydroxylation is 3. The van der Waals surface area contributed by atoms with Gasteiger partial charge in [-0.1, -0.05) is 41.9 Å². The van der Waals surface area contributed by atoms with Gasteiger partial charge in [-0.15, -0.1) is 0 Å². The van der Waals surface area contributed by atoms with Gasteiger partial charge in [0.1, 0.15) is 0 Å². The molecule has 0 aliphatic carbocycles. The second-order valence-corrected chi connectivity index (χ2v) is 7.01. The van der Waals surface area contributed by atoms with E-state index in [9.17, 15) is 14.4 Å². The van der Waals surface area contributed by atoms with Crippen LogP contribution in [-0.4, -0.2) is 21.6 Å². The molecule has 0 aliphatic rings. The zero-order chi connectivity index (χ0) is 21.0. The molecule has 0 atom stereocenters. The Morgan fingerprint density at radius 3 is 2.52 bits per heavy atom. The molecule has 3 rings (SSSR count). The van der Waals surface area contributed by atoms with Crippen LogP contribution in [0.4, 0.5) is 0 Å². The Bertz CT molecular complexity index is 1140. The van der Waals surface area contributed by atoms with Crippen molar-refractivity contribution in [3.63, 3.8) is 0 Å². The van der Waals surface area contributed by atoms with Crippen molar-refractivity contribution in [2.75, 3.05) is 0 Å². The number of aromatic nitrogens is 2. The molecule has 0 unspecified atom stereocenters. The van der Waals surface area contributed by atoms with Gasteiger partial charge in [-0.2, -0.15) is 5.10 Å². The number of amides is 2. The molecular weight excluding hydrogens is 392 g/mol. The Balaban J connectivity index is 1.67. The van der Waals surface area contributed by atoms with Gasteiger partial charge in [-0.3, -0.25) is 25.2 Å². The third-order valence-electron chi connectivity index (χ3n) is 4.57. The van der Waals surface area contributed by atoms with Crippen molar-refractivity contribution < 1.29 is 9.59 Å². The highest BCUT2D eigenvalue weighted by atomic mass is 35.5. The van der Waals surface area contributed by atoms with E-state index in [-0.39, 0.29) is 23.6 Å². The molecule has 0 fully saturated rings. The molecule has 150 valence electrons. The first-order valence-corrected chi connectivity index (χ1v) is 9.62. The zero-order valence-corrected chi connectivity index (χ0v) is 16.9. The molecule has 0 bridgehead atoms. The molecule has 0 spiro atoms. The summed E-state index contributed by atoms with van der Waals surface area (Å²) in [5, 5.41) is 5.62. The normalized spacial score (nSPS) is 10.7. The molecule has 29 heavy (non-hydrogen) atoms. The Morgan fingerprint density at radius 2 is 1.83 bits per heavy atom. The number of hydrogen-bond donors (Lipinski definition) is 2. The number of hydrogen-bond acceptors (Lipinski definition) is 4. The maximum absolute atomic E-state index is 12.6. The van der Waals surface area contributed by atoms with E-state index in [1.54, 1.807) is 31.2 Å². The Labute approximate surface area is 172 Å². The summed E-state index contributed by atoms with van der Waals surface area (Å²) in [6.45, 7) is 4.01. The lowest BCUT2D eigenvalue weighted by Gasteiger charge is -2.11. The first-order chi connectivity index (χ1) is 13.9. The fourth-order valence-electron chi connectivity index (χ4n) is 2.92.